The highest BCUT2D eigenvalue weighted by atomic mass is 19.4. The van der Waals surface area contributed by atoms with Crippen LogP contribution in [-0.4, -0.2) is 53.9 Å². The Morgan fingerprint density at radius 3 is 2.40 bits per heavy atom. The average Bonchev–Trinajstić information content (AvgIpc) is 3.78. The largest absolute Gasteiger partial charge is 0.493 e. The van der Waals surface area contributed by atoms with Gasteiger partial charge in [-0.3, -0.25) is 9.59 Å². The molecule has 12 heteroatoms. The normalized spacial score (nSPS) is 19.5. The molecule has 2 aliphatic rings. The summed E-state index contributed by atoms with van der Waals surface area (Å²) >= 11 is 0. The molecule has 0 radical (unpaired) electrons. The van der Waals surface area contributed by atoms with Crippen LogP contribution in [-0.2, 0) is 11.0 Å². The summed E-state index contributed by atoms with van der Waals surface area (Å²) in [7, 11) is 0. The predicted octanol–water partition coefficient (Wildman–Crippen LogP) is 5.91. The van der Waals surface area contributed by atoms with Gasteiger partial charge < -0.3 is 20.7 Å². The predicted molar refractivity (Wildman–Crippen MR) is 150 cm³/mol. The van der Waals surface area contributed by atoms with Crippen molar-refractivity contribution in [2.24, 2.45) is 5.92 Å². The molecule has 1 aromatic heterocycles. The average molecular weight is 603 g/mol. The molecule has 228 valence electrons. The molecule has 1 unspecified atom stereocenters. The standard InChI is InChI=1S/C31H31F5N4O3/c32-30(33)8-11-40(12-9-30)29(42)20-4-2-19(3-5-20)22-14-23(31(34,35)36)16-24(15-22)43-13-1-10-38-28(41)26-17-25(26)21-6-7-27(37)39-18-21/h2-7,14-16,18,25-26H,1,8-13,17H2,(H2,37,39)(H,38,41)/t25?,26-/m1/s1. The van der Waals surface area contributed by atoms with Crippen molar-refractivity contribution in [3.8, 4) is 16.9 Å². The van der Waals surface area contributed by atoms with Gasteiger partial charge in [0.2, 0.25) is 5.91 Å². The van der Waals surface area contributed by atoms with Gasteiger partial charge in [-0.05, 0) is 71.8 Å². The van der Waals surface area contributed by atoms with E-state index < -0.39 is 36.4 Å². The number of carbonyl (C=O) groups is 2. The van der Waals surface area contributed by atoms with Crippen molar-refractivity contribution in [3.63, 3.8) is 0 Å². The maximum Gasteiger partial charge on any atom is 0.416 e. The van der Waals surface area contributed by atoms with Crippen LogP contribution in [0.15, 0.2) is 60.8 Å². The number of halogens is 5. The number of pyridine rings is 1. The van der Waals surface area contributed by atoms with Crippen LogP contribution in [0.5, 0.6) is 5.75 Å². The summed E-state index contributed by atoms with van der Waals surface area (Å²) in [5, 5.41) is 2.84. The van der Waals surface area contributed by atoms with E-state index in [0.29, 0.717) is 30.8 Å². The fraction of sp³-hybridized carbons (Fsp3) is 0.387. The lowest BCUT2D eigenvalue weighted by Crippen LogP contribution is -2.42. The number of nitrogens with zero attached hydrogens (tertiary/aromatic N) is 2. The topological polar surface area (TPSA) is 97.6 Å². The van der Waals surface area contributed by atoms with Crippen molar-refractivity contribution in [2.45, 2.75) is 43.7 Å². The van der Waals surface area contributed by atoms with Gasteiger partial charge in [0.05, 0.1) is 12.2 Å². The van der Waals surface area contributed by atoms with Gasteiger partial charge in [-0.15, -0.1) is 0 Å². The van der Waals surface area contributed by atoms with Crippen molar-refractivity contribution in [2.75, 3.05) is 32.0 Å². The summed E-state index contributed by atoms with van der Waals surface area (Å²) in [5.41, 5.74) is 6.60. The van der Waals surface area contributed by atoms with Crippen LogP contribution in [0.3, 0.4) is 0 Å². The molecule has 1 aliphatic heterocycles. The van der Waals surface area contributed by atoms with E-state index in [9.17, 15) is 31.5 Å². The Bertz CT molecular complexity index is 1450. The molecule has 2 amide bonds. The highest BCUT2D eigenvalue weighted by Gasteiger charge is 2.44. The smallest absolute Gasteiger partial charge is 0.416 e. The summed E-state index contributed by atoms with van der Waals surface area (Å²) in [6.45, 7) is 0.263. The lowest BCUT2D eigenvalue weighted by atomic mass is 10.00. The van der Waals surface area contributed by atoms with E-state index in [-0.39, 0.29) is 54.3 Å². The number of likely N-dealkylation sites (tertiary alicyclic amines) is 1. The van der Waals surface area contributed by atoms with E-state index in [1.54, 1.807) is 12.3 Å². The highest BCUT2D eigenvalue weighted by Crippen LogP contribution is 2.47. The van der Waals surface area contributed by atoms with E-state index >= 15 is 0 Å². The van der Waals surface area contributed by atoms with Gasteiger partial charge in [0, 0.05) is 50.2 Å². The molecule has 1 aliphatic carbocycles. The minimum Gasteiger partial charge on any atom is -0.493 e. The maximum absolute atomic E-state index is 13.7. The minimum absolute atomic E-state index is 0.0173. The maximum atomic E-state index is 13.7. The van der Waals surface area contributed by atoms with Crippen molar-refractivity contribution < 1.29 is 36.3 Å². The fourth-order valence-electron chi connectivity index (χ4n) is 5.13. The van der Waals surface area contributed by atoms with Gasteiger partial charge in [-0.2, -0.15) is 13.2 Å². The Kier molecular flexibility index (Phi) is 8.57. The molecule has 0 bridgehead atoms. The quantitative estimate of drug-likeness (QED) is 0.235. The number of amides is 2. The van der Waals surface area contributed by atoms with Crippen LogP contribution in [0.25, 0.3) is 11.1 Å². The summed E-state index contributed by atoms with van der Waals surface area (Å²) in [4.78, 5) is 30.6. The summed E-state index contributed by atoms with van der Waals surface area (Å²) in [5.74, 6) is -2.90. The fourth-order valence-corrected chi connectivity index (χ4v) is 5.13. The van der Waals surface area contributed by atoms with Gasteiger partial charge in [-0.1, -0.05) is 18.2 Å². The number of nitrogens with two attached hydrogens (primary N) is 1. The number of hydrogen-bond donors (Lipinski definition) is 2. The summed E-state index contributed by atoms with van der Waals surface area (Å²) in [6, 6.07) is 12.9. The minimum atomic E-state index is -4.62. The monoisotopic (exact) mass is 602 g/mol. The molecule has 0 spiro atoms. The van der Waals surface area contributed by atoms with E-state index in [1.807, 2.05) is 6.07 Å². The first-order chi connectivity index (χ1) is 20.4. The Morgan fingerprint density at radius 2 is 1.74 bits per heavy atom. The molecule has 2 aromatic carbocycles. The third kappa shape index (κ3) is 7.60. The molecule has 1 saturated heterocycles. The van der Waals surface area contributed by atoms with Crippen molar-refractivity contribution in [1.29, 1.82) is 0 Å². The molecular weight excluding hydrogens is 571 g/mol. The molecule has 1 saturated carbocycles. The third-order valence-electron chi connectivity index (χ3n) is 7.73. The Labute approximate surface area is 245 Å². The Hall–Kier alpha value is -4.22. The van der Waals surface area contributed by atoms with Gasteiger partial charge in [0.1, 0.15) is 11.6 Å². The van der Waals surface area contributed by atoms with Crippen molar-refractivity contribution in [1.82, 2.24) is 15.2 Å². The van der Waals surface area contributed by atoms with Gasteiger partial charge in [-0.25, -0.2) is 13.8 Å². The number of aromatic nitrogens is 1. The van der Waals surface area contributed by atoms with Crippen LogP contribution < -0.4 is 15.8 Å². The lowest BCUT2D eigenvalue weighted by Gasteiger charge is -2.31. The second kappa shape index (κ2) is 12.2. The molecule has 43 heavy (non-hydrogen) atoms. The third-order valence-corrected chi connectivity index (χ3v) is 7.73. The lowest BCUT2D eigenvalue weighted by molar-refractivity contribution is -0.137. The number of ether oxygens (including phenoxy) is 1. The zero-order chi connectivity index (χ0) is 30.8. The van der Waals surface area contributed by atoms with Crippen molar-refractivity contribution >= 4 is 17.6 Å². The van der Waals surface area contributed by atoms with Crippen LogP contribution in [0, 0.1) is 5.92 Å². The van der Waals surface area contributed by atoms with E-state index in [0.717, 1.165) is 17.7 Å². The molecular formula is C31H31F5N4O3. The first-order valence-corrected chi connectivity index (χ1v) is 14.0. The number of rotatable bonds is 9. The molecule has 7 nitrogen and oxygen atoms in total. The number of hydrogen-bond acceptors (Lipinski definition) is 5. The van der Waals surface area contributed by atoms with Gasteiger partial charge >= 0.3 is 6.18 Å². The number of carbonyl (C=O) groups excluding carboxylic acids is 2. The summed E-state index contributed by atoms with van der Waals surface area (Å²) < 4.78 is 73.5. The molecule has 2 heterocycles. The zero-order valence-electron chi connectivity index (χ0n) is 23.2. The highest BCUT2D eigenvalue weighted by molar-refractivity contribution is 5.94. The molecule has 2 atom stereocenters. The van der Waals surface area contributed by atoms with Crippen LogP contribution in [0.2, 0.25) is 0 Å². The SMILES string of the molecule is Nc1ccc(C2C[C@H]2C(=O)NCCCOc2cc(-c3ccc(C(=O)N4CCC(F)(F)CC4)cc3)cc(C(F)(F)F)c2)cn1. The van der Waals surface area contributed by atoms with E-state index in [4.69, 9.17) is 10.5 Å². The van der Waals surface area contributed by atoms with Crippen LogP contribution in [0.4, 0.5) is 27.8 Å². The number of nitrogens with one attached hydrogen (secondary N) is 1. The zero-order valence-corrected chi connectivity index (χ0v) is 23.2. The number of benzene rings is 2. The molecule has 5 rings (SSSR count). The first kappa shape index (κ1) is 30.2. The van der Waals surface area contributed by atoms with Gasteiger partial charge in [0.15, 0.2) is 0 Å². The molecule has 2 fully saturated rings. The number of nitrogen functional groups attached to an aromatic ring is 1. The second-order valence-electron chi connectivity index (χ2n) is 10.9. The molecule has 3 N–H and O–H groups in total. The van der Waals surface area contributed by atoms with E-state index in [1.165, 1.54) is 35.2 Å². The Balaban J connectivity index is 1.16. The van der Waals surface area contributed by atoms with Crippen LogP contribution >= 0.6 is 0 Å². The second-order valence-corrected chi connectivity index (χ2v) is 10.9. The molecule has 3 aromatic rings. The first-order valence-electron chi connectivity index (χ1n) is 14.0. The van der Waals surface area contributed by atoms with Gasteiger partial charge in [0.25, 0.3) is 11.8 Å². The van der Waals surface area contributed by atoms with E-state index in [2.05, 4.69) is 10.3 Å². The summed E-state index contributed by atoms with van der Waals surface area (Å²) in [6.07, 6.45) is -2.65. The van der Waals surface area contributed by atoms with Crippen molar-refractivity contribution in [3.05, 3.63) is 77.5 Å². The Morgan fingerprint density at radius 1 is 1.02 bits per heavy atom. The number of piperidine rings is 1. The number of alkyl halides is 5. The number of anilines is 1. The van der Waals surface area contributed by atoms with Crippen LogP contribution in [0.1, 0.15) is 53.1 Å².